The normalized spacial score (nSPS) is 12.5. The second kappa shape index (κ2) is 9.68. The highest BCUT2D eigenvalue weighted by atomic mass is 16.7. The molecule has 6 heteroatoms. The van der Waals surface area contributed by atoms with Crippen molar-refractivity contribution in [2.75, 3.05) is 34.6 Å². The number of fused-ring (bicyclic) bond motifs is 1. The number of allylic oxidation sites excluding steroid dienone is 2. The first-order valence-electron chi connectivity index (χ1n) is 9.31. The Morgan fingerprint density at radius 3 is 2.62 bits per heavy atom. The summed E-state index contributed by atoms with van der Waals surface area (Å²) in [4.78, 5) is 14.0. The molecule has 0 saturated carbocycles. The van der Waals surface area contributed by atoms with Gasteiger partial charge in [0, 0.05) is 19.7 Å². The van der Waals surface area contributed by atoms with Crippen LogP contribution in [0.25, 0.3) is 6.08 Å². The Morgan fingerprint density at radius 1 is 1.03 bits per heavy atom. The third-order valence-corrected chi connectivity index (χ3v) is 4.60. The number of nitrogens with zero attached hydrogens (tertiary/aromatic N) is 1. The number of carbonyl (C=O) groups excluding carboxylic acids is 1. The molecule has 0 unspecified atom stereocenters. The Labute approximate surface area is 170 Å². The Bertz CT molecular complexity index is 919. The topological polar surface area (TPSA) is 57.2 Å². The van der Waals surface area contributed by atoms with E-state index in [1.165, 1.54) is 0 Å². The van der Waals surface area contributed by atoms with E-state index in [2.05, 4.69) is 0 Å². The largest absolute Gasteiger partial charge is 0.493 e. The van der Waals surface area contributed by atoms with E-state index in [0.717, 1.165) is 29.0 Å². The molecule has 0 N–H and O–H groups in total. The predicted octanol–water partition coefficient (Wildman–Crippen LogP) is 3.70. The average Bonchev–Trinajstić information content (AvgIpc) is 3.22. The molecule has 0 radical (unpaired) electrons. The molecule has 0 fully saturated rings. The van der Waals surface area contributed by atoms with Crippen LogP contribution in [0.4, 0.5) is 0 Å². The van der Waals surface area contributed by atoms with Crippen LogP contribution in [-0.2, 0) is 11.2 Å². The summed E-state index contributed by atoms with van der Waals surface area (Å²) in [7, 11) is 5.01. The van der Waals surface area contributed by atoms with Gasteiger partial charge in [-0.2, -0.15) is 0 Å². The summed E-state index contributed by atoms with van der Waals surface area (Å²) in [6.45, 7) is 0.858. The van der Waals surface area contributed by atoms with E-state index in [4.69, 9.17) is 18.9 Å². The number of ether oxygens (including phenoxy) is 4. The van der Waals surface area contributed by atoms with Crippen LogP contribution in [0.3, 0.4) is 0 Å². The fraction of sp³-hybridized carbons (Fsp3) is 0.261. The maximum atomic E-state index is 12.3. The average molecular weight is 395 g/mol. The van der Waals surface area contributed by atoms with Gasteiger partial charge in [-0.05, 0) is 41.8 Å². The first-order valence-corrected chi connectivity index (χ1v) is 9.31. The second-order valence-corrected chi connectivity index (χ2v) is 6.53. The number of methoxy groups -OCH3 is 2. The van der Waals surface area contributed by atoms with Gasteiger partial charge in [0.1, 0.15) is 0 Å². The van der Waals surface area contributed by atoms with E-state index in [1.807, 2.05) is 48.6 Å². The van der Waals surface area contributed by atoms with E-state index in [-0.39, 0.29) is 12.7 Å². The minimum Gasteiger partial charge on any atom is -0.493 e. The van der Waals surface area contributed by atoms with Crippen LogP contribution in [0.5, 0.6) is 23.0 Å². The molecular weight excluding hydrogens is 370 g/mol. The van der Waals surface area contributed by atoms with Crippen LogP contribution >= 0.6 is 0 Å². The van der Waals surface area contributed by atoms with Gasteiger partial charge in [-0.25, -0.2) is 0 Å². The van der Waals surface area contributed by atoms with Gasteiger partial charge in [-0.3, -0.25) is 4.79 Å². The summed E-state index contributed by atoms with van der Waals surface area (Å²) in [5, 5.41) is 0. The van der Waals surface area contributed by atoms with Crippen LogP contribution in [0, 0.1) is 0 Å². The lowest BCUT2D eigenvalue weighted by molar-refractivity contribution is -0.124. The fourth-order valence-electron chi connectivity index (χ4n) is 2.89. The Morgan fingerprint density at radius 2 is 1.83 bits per heavy atom. The molecule has 1 amide bonds. The maximum Gasteiger partial charge on any atom is 0.246 e. The second-order valence-electron chi connectivity index (χ2n) is 6.53. The van der Waals surface area contributed by atoms with Gasteiger partial charge >= 0.3 is 0 Å². The summed E-state index contributed by atoms with van der Waals surface area (Å²) in [5.74, 6) is 2.82. The number of benzene rings is 2. The van der Waals surface area contributed by atoms with Crippen LogP contribution < -0.4 is 18.9 Å². The SMILES string of the molecule is COc1ccc(CCN(C)C(=O)/C=C/C=C/c2ccc3c(c2)OCO3)cc1OC. The molecule has 29 heavy (non-hydrogen) atoms. The predicted molar refractivity (Wildman–Crippen MR) is 112 cm³/mol. The number of amides is 1. The van der Waals surface area contributed by atoms with Gasteiger partial charge in [-0.1, -0.05) is 30.4 Å². The van der Waals surface area contributed by atoms with Crippen LogP contribution in [0.15, 0.2) is 54.6 Å². The lowest BCUT2D eigenvalue weighted by Gasteiger charge is -2.15. The standard InChI is InChI=1S/C23H25NO5/c1-24(13-12-18-8-10-19(26-2)21(14-18)27-3)23(25)7-5-4-6-17-9-11-20-22(15-17)29-16-28-20/h4-11,14-15H,12-13,16H2,1-3H3/b6-4+,7-5+. The monoisotopic (exact) mass is 395 g/mol. The zero-order valence-corrected chi connectivity index (χ0v) is 16.9. The molecule has 152 valence electrons. The minimum atomic E-state index is -0.0548. The van der Waals surface area contributed by atoms with Crippen molar-refractivity contribution in [1.29, 1.82) is 0 Å². The van der Waals surface area contributed by atoms with Crippen molar-refractivity contribution in [3.05, 3.63) is 65.8 Å². The quantitative estimate of drug-likeness (QED) is 0.504. The van der Waals surface area contributed by atoms with Crippen molar-refractivity contribution in [3.63, 3.8) is 0 Å². The highest BCUT2D eigenvalue weighted by molar-refractivity contribution is 5.87. The van der Waals surface area contributed by atoms with Crippen molar-refractivity contribution in [3.8, 4) is 23.0 Å². The molecule has 1 aliphatic rings. The molecule has 0 bridgehead atoms. The van der Waals surface area contributed by atoms with Crippen molar-refractivity contribution < 1.29 is 23.7 Å². The number of rotatable bonds is 8. The number of hydrogen-bond acceptors (Lipinski definition) is 5. The van der Waals surface area contributed by atoms with Crippen molar-refractivity contribution in [2.24, 2.45) is 0 Å². The summed E-state index contributed by atoms with van der Waals surface area (Å²) in [6, 6.07) is 11.5. The highest BCUT2D eigenvalue weighted by Gasteiger charge is 2.12. The molecule has 0 atom stereocenters. The molecule has 0 spiro atoms. The van der Waals surface area contributed by atoms with Gasteiger partial charge in [0.05, 0.1) is 14.2 Å². The van der Waals surface area contributed by atoms with Crippen LogP contribution in [0.2, 0.25) is 0 Å². The van der Waals surface area contributed by atoms with E-state index in [0.29, 0.717) is 18.0 Å². The van der Waals surface area contributed by atoms with Crippen LogP contribution in [-0.4, -0.2) is 45.4 Å². The van der Waals surface area contributed by atoms with E-state index < -0.39 is 0 Å². The first kappa shape index (κ1) is 20.3. The Hall–Kier alpha value is -3.41. The lowest BCUT2D eigenvalue weighted by Crippen LogP contribution is -2.27. The zero-order chi connectivity index (χ0) is 20.6. The molecule has 0 aliphatic carbocycles. The van der Waals surface area contributed by atoms with Crippen molar-refractivity contribution in [2.45, 2.75) is 6.42 Å². The van der Waals surface area contributed by atoms with E-state index in [1.54, 1.807) is 38.3 Å². The molecule has 0 aromatic heterocycles. The van der Waals surface area contributed by atoms with Gasteiger partial charge < -0.3 is 23.8 Å². The van der Waals surface area contributed by atoms with Gasteiger partial charge in [0.2, 0.25) is 12.7 Å². The molecule has 6 nitrogen and oxygen atoms in total. The maximum absolute atomic E-state index is 12.3. The van der Waals surface area contributed by atoms with E-state index in [9.17, 15) is 4.79 Å². The molecule has 2 aromatic carbocycles. The summed E-state index contributed by atoms with van der Waals surface area (Å²) in [5.41, 5.74) is 2.06. The molecule has 1 aliphatic heterocycles. The molecule has 2 aromatic rings. The summed E-state index contributed by atoms with van der Waals surface area (Å²) < 4.78 is 21.2. The number of hydrogen-bond donors (Lipinski definition) is 0. The number of likely N-dealkylation sites (N-methyl/N-ethyl adjacent to an activating group) is 1. The van der Waals surface area contributed by atoms with Crippen LogP contribution in [0.1, 0.15) is 11.1 Å². The smallest absolute Gasteiger partial charge is 0.246 e. The van der Waals surface area contributed by atoms with Gasteiger partial charge in [0.25, 0.3) is 0 Å². The Kier molecular flexibility index (Phi) is 6.79. The van der Waals surface area contributed by atoms with E-state index >= 15 is 0 Å². The van der Waals surface area contributed by atoms with Gasteiger partial charge in [0.15, 0.2) is 23.0 Å². The van der Waals surface area contributed by atoms with Crippen molar-refractivity contribution in [1.82, 2.24) is 4.90 Å². The molecular formula is C23H25NO5. The number of carbonyl (C=O) groups is 1. The highest BCUT2D eigenvalue weighted by Crippen LogP contribution is 2.32. The molecule has 0 saturated heterocycles. The van der Waals surface area contributed by atoms with Crippen molar-refractivity contribution >= 4 is 12.0 Å². The zero-order valence-electron chi connectivity index (χ0n) is 16.9. The minimum absolute atomic E-state index is 0.0548. The fourth-order valence-corrected chi connectivity index (χ4v) is 2.89. The Balaban J connectivity index is 1.50. The lowest BCUT2D eigenvalue weighted by atomic mass is 10.1. The third-order valence-electron chi connectivity index (χ3n) is 4.60. The molecule has 3 rings (SSSR count). The first-order chi connectivity index (χ1) is 14.1. The van der Waals surface area contributed by atoms with Gasteiger partial charge in [-0.15, -0.1) is 0 Å². The summed E-state index contributed by atoms with van der Waals surface area (Å²) >= 11 is 0. The summed E-state index contributed by atoms with van der Waals surface area (Å²) in [6.07, 6.45) is 7.76. The molecule has 1 heterocycles. The third kappa shape index (κ3) is 5.31.